The Balaban J connectivity index is 1.26. The van der Waals surface area contributed by atoms with Gasteiger partial charge >= 0.3 is 5.97 Å². The van der Waals surface area contributed by atoms with E-state index in [1.54, 1.807) is 0 Å². The van der Waals surface area contributed by atoms with Gasteiger partial charge in [0, 0.05) is 31.1 Å². The van der Waals surface area contributed by atoms with Crippen LogP contribution < -0.4 is 0 Å². The van der Waals surface area contributed by atoms with Gasteiger partial charge in [0.15, 0.2) is 5.79 Å². The fourth-order valence-corrected chi connectivity index (χ4v) is 9.19. The molecule has 3 saturated carbocycles. The van der Waals surface area contributed by atoms with Gasteiger partial charge in [-0.25, -0.2) is 0 Å². The molecule has 188 valence electrons. The lowest BCUT2D eigenvalue weighted by Gasteiger charge is -2.57. The van der Waals surface area contributed by atoms with E-state index >= 15 is 0 Å². The van der Waals surface area contributed by atoms with E-state index in [9.17, 15) is 14.7 Å². The van der Waals surface area contributed by atoms with Crippen LogP contribution >= 0.6 is 0 Å². The molecule has 2 heterocycles. The monoisotopic (exact) mass is 472 g/mol. The van der Waals surface area contributed by atoms with Crippen LogP contribution in [0, 0.1) is 46.8 Å². The fraction of sp³-hybridized carbons (Fsp3) is 0.857. The van der Waals surface area contributed by atoms with Crippen molar-refractivity contribution in [1.29, 1.82) is 0 Å². The van der Waals surface area contributed by atoms with Gasteiger partial charge in [0.2, 0.25) is 0 Å². The predicted octanol–water partition coefficient (Wildman–Crippen LogP) is 4.04. The zero-order valence-corrected chi connectivity index (χ0v) is 21.0. The zero-order valence-electron chi connectivity index (χ0n) is 21.0. The van der Waals surface area contributed by atoms with E-state index in [4.69, 9.17) is 14.2 Å². The van der Waals surface area contributed by atoms with Crippen molar-refractivity contribution in [2.75, 3.05) is 6.61 Å². The van der Waals surface area contributed by atoms with Gasteiger partial charge in [-0.05, 0) is 67.6 Å². The number of ketones is 1. The molecule has 0 amide bonds. The van der Waals surface area contributed by atoms with Gasteiger partial charge in [0.25, 0.3) is 0 Å². The molecule has 34 heavy (non-hydrogen) atoms. The predicted molar refractivity (Wildman–Crippen MR) is 124 cm³/mol. The number of fused-ring (bicyclic) bond motifs is 7. The fourth-order valence-electron chi connectivity index (χ4n) is 9.19. The summed E-state index contributed by atoms with van der Waals surface area (Å²) in [6.45, 7) is 8.70. The zero-order chi connectivity index (χ0) is 24.0. The largest absolute Gasteiger partial charge is 0.463 e. The van der Waals surface area contributed by atoms with Gasteiger partial charge in [0.1, 0.15) is 18.0 Å². The number of carbonyl (C=O) groups excluding carboxylic acids is 2. The Morgan fingerprint density at radius 2 is 2.00 bits per heavy atom. The van der Waals surface area contributed by atoms with Crippen LogP contribution in [0.25, 0.3) is 0 Å². The Hall–Kier alpha value is -1.24. The van der Waals surface area contributed by atoms with Crippen LogP contribution in [0.3, 0.4) is 0 Å². The van der Waals surface area contributed by atoms with Crippen LogP contribution in [-0.2, 0) is 23.8 Å². The van der Waals surface area contributed by atoms with Crippen LogP contribution in [0.4, 0.5) is 0 Å². The van der Waals surface area contributed by atoms with Gasteiger partial charge in [-0.15, -0.1) is 0 Å². The molecule has 4 aliphatic carbocycles. The first-order valence-corrected chi connectivity index (χ1v) is 13.6. The first kappa shape index (κ1) is 23.2. The van der Waals surface area contributed by atoms with E-state index in [1.165, 1.54) is 12.5 Å². The first-order chi connectivity index (χ1) is 16.1. The lowest BCUT2D eigenvalue weighted by Crippen LogP contribution is -2.56. The molecule has 1 N–H and O–H groups in total. The summed E-state index contributed by atoms with van der Waals surface area (Å²) >= 11 is 0. The van der Waals surface area contributed by atoms with E-state index in [0.717, 1.165) is 32.1 Å². The number of esters is 1. The topological polar surface area (TPSA) is 82.1 Å². The standard InChI is InChI=1S/C28H40O6/c1-14-9-24(31)28(32-13-14)15(2)25-23(34-28)11-20-19-6-5-17-10-18(33-16(3)29)7-8-27(17,4)21(19)12-22(30)26(20)25/h11,14-15,17-19,21,23-26,31H,5-10,12-13H2,1-4H3/t14?,15-,17-,18-,19-,21-,23-,24-,25-,26+,27-,28-/m0/s1. The molecule has 0 radical (unpaired) electrons. The summed E-state index contributed by atoms with van der Waals surface area (Å²) < 4.78 is 18.3. The molecule has 1 unspecified atom stereocenters. The summed E-state index contributed by atoms with van der Waals surface area (Å²) in [7, 11) is 0. The highest BCUT2D eigenvalue weighted by Gasteiger charge is 2.66. The van der Waals surface area contributed by atoms with Gasteiger partial charge in [-0.1, -0.05) is 32.4 Å². The molecule has 6 rings (SSSR count). The van der Waals surface area contributed by atoms with Crippen LogP contribution in [-0.4, -0.2) is 47.6 Å². The van der Waals surface area contributed by atoms with E-state index in [-0.39, 0.29) is 41.3 Å². The first-order valence-electron chi connectivity index (χ1n) is 13.6. The lowest BCUT2D eigenvalue weighted by molar-refractivity contribution is -0.310. The molecule has 2 aliphatic heterocycles. The minimum atomic E-state index is -0.972. The Morgan fingerprint density at radius 3 is 2.74 bits per heavy atom. The molecule has 2 saturated heterocycles. The van der Waals surface area contributed by atoms with Gasteiger partial charge in [0.05, 0.1) is 12.7 Å². The maximum Gasteiger partial charge on any atom is 0.302 e. The number of allylic oxidation sites excluding steroid dienone is 1. The van der Waals surface area contributed by atoms with Crippen molar-refractivity contribution in [3.05, 3.63) is 11.6 Å². The number of aliphatic hydroxyl groups excluding tert-OH is 1. The van der Waals surface area contributed by atoms with Crippen molar-refractivity contribution in [1.82, 2.24) is 0 Å². The van der Waals surface area contributed by atoms with E-state index in [1.807, 2.05) is 0 Å². The number of aliphatic hydroxyl groups is 1. The highest BCUT2D eigenvalue weighted by molar-refractivity contribution is 5.87. The molecule has 0 aromatic carbocycles. The summed E-state index contributed by atoms with van der Waals surface area (Å²) in [5, 5.41) is 11.0. The molecule has 0 aromatic rings. The van der Waals surface area contributed by atoms with E-state index in [2.05, 4.69) is 26.8 Å². The minimum absolute atomic E-state index is 0.0228. The summed E-state index contributed by atoms with van der Waals surface area (Å²) in [4.78, 5) is 25.3. The molecule has 6 nitrogen and oxygen atoms in total. The molecule has 0 bridgehead atoms. The van der Waals surface area contributed by atoms with Gasteiger partial charge < -0.3 is 19.3 Å². The maximum absolute atomic E-state index is 13.8. The number of hydrogen-bond donors (Lipinski definition) is 1. The van der Waals surface area contributed by atoms with Crippen LogP contribution in [0.2, 0.25) is 0 Å². The summed E-state index contributed by atoms with van der Waals surface area (Å²) in [5.41, 5.74) is 1.43. The quantitative estimate of drug-likeness (QED) is 0.458. The summed E-state index contributed by atoms with van der Waals surface area (Å²) in [5.74, 6) is 0.763. The number of Topliss-reactive ketones (excluding diaryl/α,β-unsaturated/α-hetero) is 1. The second-order valence-electron chi connectivity index (χ2n) is 12.7. The number of hydrogen-bond acceptors (Lipinski definition) is 6. The third kappa shape index (κ3) is 3.17. The average Bonchev–Trinajstić information content (AvgIpc) is 3.27. The van der Waals surface area contributed by atoms with Crippen molar-refractivity contribution < 1.29 is 28.9 Å². The number of rotatable bonds is 1. The van der Waals surface area contributed by atoms with Gasteiger partial charge in [-0.2, -0.15) is 0 Å². The second-order valence-corrected chi connectivity index (χ2v) is 12.7. The molecule has 6 heteroatoms. The third-order valence-corrected chi connectivity index (χ3v) is 10.9. The molecule has 12 atom stereocenters. The van der Waals surface area contributed by atoms with Crippen molar-refractivity contribution in [2.24, 2.45) is 46.8 Å². The summed E-state index contributed by atoms with van der Waals surface area (Å²) in [6.07, 6.45) is 7.88. The van der Waals surface area contributed by atoms with Crippen LogP contribution in [0.15, 0.2) is 11.6 Å². The van der Waals surface area contributed by atoms with Crippen molar-refractivity contribution >= 4 is 11.8 Å². The van der Waals surface area contributed by atoms with Gasteiger partial charge in [-0.3, -0.25) is 9.59 Å². The molecule has 0 aromatic heterocycles. The second kappa shape index (κ2) is 7.88. The average molecular weight is 473 g/mol. The SMILES string of the molecule is CC(=O)O[C@H]1CC[C@@]2(C)[C@@H](CC[C@H]3C4=C[C@@H]5O[C@@]6(OCC(C)C[C@@H]6O)[C@@H](C)[C@@H]5[C@H]4C(=O)C[C@@H]32)C1. The lowest BCUT2D eigenvalue weighted by atomic mass is 9.47. The molecule has 5 fully saturated rings. The normalized spacial score (nSPS) is 54.0. The Labute approximate surface area is 202 Å². The third-order valence-electron chi connectivity index (χ3n) is 10.9. The minimum Gasteiger partial charge on any atom is -0.463 e. The van der Waals surface area contributed by atoms with Crippen molar-refractivity contribution in [3.63, 3.8) is 0 Å². The van der Waals surface area contributed by atoms with Crippen molar-refractivity contribution in [2.45, 2.75) is 96.7 Å². The Morgan fingerprint density at radius 1 is 1.21 bits per heavy atom. The molecular weight excluding hydrogens is 432 g/mol. The molecule has 6 aliphatic rings. The van der Waals surface area contributed by atoms with Crippen LogP contribution in [0.1, 0.15) is 72.6 Å². The van der Waals surface area contributed by atoms with Crippen LogP contribution in [0.5, 0.6) is 0 Å². The van der Waals surface area contributed by atoms with E-state index in [0.29, 0.717) is 48.9 Å². The summed E-state index contributed by atoms with van der Waals surface area (Å²) in [6, 6.07) is 0. The maximum atomic E-state index is 13.8. The molecule has 1 spiro atoms. The number of carbonyl (C=O) groups is 2. The van der Waals surface area contributed by atoms with E-state index < -0.39 is 11.9 Å². The highest BCUT2D eigenvalue weighted by atomic mass is 16.7. The Bertz CT molecular complexity index is 913. The smallest absolute Gasteiger partial charge is 0.302 e. The molecular formula is C28H40O6. The van der Waals surface area contributed by atoms with Crippen molar-refractivity contribution in [3.8, 4) is 0 Å². The highest BCUT2D eigenvalue weighted by Crippen LogP contribution is 2.64. The number of ether oxygens (including phenoxy) is 3. The Kier molecular flexibility index (Phi) is 5.37.